The molecule has 7 heteroatoms. The normalized spacial score (nSPS) is 15.3. The number of carbonyl (C=O) groups excluding carboxylic acids is 1. The Morgan fingerprint density at radius 1 is 1.15 bits per heavy atom. The molecule has 0 spiro atoms. The van der Waals surface area contributed by atoms with Gasteiger partial charge in [0.15, 0.2) is 4.96 Å². The fourth-order valence-electron chi connectivity index (χ4n) is 3.50. The zero-order valence-corrected chi connectivity index (χ0v) is 16.0. The molecule has 4 aromatic rings. The number of hydrogen-bond acceptors (Lipinski definition) is 5. The van der Waals surface area contributed by atoms with Crippen LogP contribution >= 0.6 is 22.7 Å². The second kappa shape index (κ2) is 6.10. The van der Waals surface area contributed by atoms with Gasteiger partial charge in [-0.15, -0.1) is 22.7 Å². The highest BCUT2D eigenvalue weighted by Crippen LogP contribution is 2.29. The fourth-order valence-corrected chi connectivity index (χ4v) is 5.27. The molecule has 0 unspecified atom stereocenters. The van der Waals surface area contributed by atoms with Gasteiger partial charge < -0.3 is 9.80 Å². The lowest BCUT2D eigenvalue weighted by Gasteiger charge is -2.36. The Balaban J connectivity index is 1.33. The van der Waals surface area contributed by atoms with Gasteiger partial charge in [-0.1, -0.05) is 12.1 Å². The molecule has 5 rings (SSSR count). The van der Waals surface area contributed by atoms with Crippen LogP contribution in [0.5, 0.6) is 0 Å². The Morgan fingerprint density at radius 3 is 2.81 bits per heavy atom. The molecule has 1 aromatic carbocycles. The second-order valence-electron chi connectivity index (χ2n) is 6.59. The van der Waals surface area contributed by atoms with Crippen LogP contribution in [0.4, 0.5) is 5.69 Å². The summed E-state index contributed by atoms with van der Waals surface area (Å²) < 4.78 is 2.06. The Bertz CT molecular complexity index is 1100. The third-order valence-electron chi connectivity index (χ3n) is 4.88. The summed E-state index contributed by atoms with van der Waals surface area (Å²) in [6.45, 7) is 5.36. The first-order valence-electron chi connectivity index (χ1n) is 8.65. The average Bonchev–Trinajstić information content (AvgIpc) is 3.33. The van der Waals surface area contributed by atoms with E-state index >= 15 is 0 Å². The summed E-state index contributed by atoms with van der Waals surface area (Å²) in [4.78, 5) is 24.6. The lowest BCUT2D eigenvalue weighted by Crippen LogP contribution is -2.48. The number of thiazole rings is 1. The smallest absolute Gasteiger partial charge is 0.264 e. The van der Waals surface area contributed by atoms with Crippen molar-refractivity contribution in [2.75, 3.05) is 31.1 Å². The Morgan fingerprint density at radius 2 is 2.00 bits per heavy atom. The van der Waals surface area contributed by atoms with Crippen molar-refractivity contribution in [3.63, 3.8) is 0 Å². The van der Waals surface area contributed by atoms with Gasteiger partial charge >= 0.3 is 0 Å². The number of fused-ring (bicyclic) bond motifs is 3. The Kier molecular flexibility index (Phi) is 3.72. The molecule has 1 fully saturated rings. The molecule has 1 amide bonds. The molecule has 0 saturated carbocycles. The lowest BCUT2D eigenvalue weighted by molar-refractivity contribution is 0.0751. The van der Waals surface area contributed by atoms with Gasteiger partial charge in [0.25, 0.3) is 5.91 Å². The largest absolute Gasteiger partial charge is 0.368 e. The zero-order valence-electron chi connectivity index (χ0n) is 14.4. The van der Waals surface area contributed by atoms with Gasteiger partial charge in [0.1, 0.15) is 4.83 Å². The zero-order chi connectivity index (χ0) is 17.7. The molecule has 0 atom stereocenters. The summed E-state index contributed by atoms with van der Waals surface area (Å²) >= 11 is 3.12. The number of piperazine rings is 1. The predicted molar refractivity (Wildman–Crippen MR) is 108 cm³/mol. The number of aromatic nitrogens is 2. The minimum atomic E-state index is 0.126. The fraction of sp³-hybridized carbons (Fsp3) is 0.263. The standard InChI is InChI=1S/C19H18N4OS2/c1-13-3-2-4-14(11-13)21-5-7-22(8-6-21)18(24)16-12-15-17(26-16)20-19-23(15)9-10-25-19/h2-4,9-12H,5-8H2,1H3. The van der Waals surface area contributed by atoms with Crippen molar-refractivity contribution in [1.29, 1.82) is 0 Å². The van der Waals surface area contributed by atoms with Crippen molar-refractivity contribution in [3.8, 4) is 0 Å². The van der Waals surface area contributed by atoms with Crippen LogP contribution in [0.15, 0.2) is 41.9 Å². The Labute approximate surface area is 159 Å². The number of nitrogens with zero attached hydrogens (tertiary/aromatic N) is 4. The quantitative estimate of drug-likeness (QED) is 0.528. The van der Waals surface area contributed by atoms with Crippen LogP contribution in [-0.2, 0) is 0 Å². The highest BCUT2D eigenvalue weighted by Gasteiger charge is 2.24. The van der Waals surface area contributed by atoms with Crippen molar-refractivity contribution in [2.45, 2.75) is 6.92 Å². The van der Waals surface area contributed by atoms with E-state index in [0.29, 0.717) is 0 Å². The van der Waals surface area contributed by atoms with Gasteiger partial charge in [-0.3, -0.25) is 9.20 Å². The number of imidazole rings is 1. The summed E-state index contributed by atoms with van der Waals surface area (Å²) in [5.41, 5.74) is 3.54. The van der Waals surface area contributed by atoms with Crippen LogP contribution < -0.4 is 4.90 Å². The third-order valence-corrected chi connectivity index (χ3v) is 6.65. The van der Waals surface area contributed by atoms with Crippen LogP contribution in [0.1, 0.15) is 15.2 Å². The molecule has 132 valence electrons. The molecule has 3 aromatic heterocycles. The molecule has 0 bridgehead atoms. The van der Waals surface area contributed by atoms with Crippen LogP contribution in [-0.4, -0.2) is 46.4 Å². The van der Waals surface area contributed by atoms with Gasteiger partial charge in [0.05, 0.1) is 10.4 Å². The Hall–Kier alpha value is -2.38. The number of anilines is 1. The van der Waals surface area contributed by atoms with Crippen molar-refractivity contribution < 1.29 is 4.79 Å². The van der Waals surface area contributed by atoms with Crippen molar-refractivity contribution in [1.82, 2.24) is 14.3 Å². The molecular formula is C19H18N4OS2. The molecule has 26 heavy (non-hydrogen) atoms. The van der Waals surface area contributed by atoms with Gasteiger partial charge in [0.2, 0.25) is 0 Å². The maximum Gasteiger partial charge on any atom is 0.264 e. The van der Waals surface area contributed by atoms with E-state index in [0.717, 1.165) is 46.4 Å². The molecule has 0 aliphatic carbocycles. The van der Waals surface area contributed by atoms with E-state index in [9.17, 15) is 4.79 Å². The average molecular weight is 383 g/mol. The van der Waals surface area contributed by atoms with E-state index < -0.39 is 0 Å². The van der Waals surface area contributed by atoms with Crippen LogP contribution in [0.3, 0.4) is 0 Å². The van der Waals surface area contributed by atoms with Gasteiger partial charge in [-0.2, -0.15) is 0 Å². The van der Waals surface area contributed by atoms with E-state index in [1.54, 1.807) is 11.3 Å². The highest BCUT2D eigenvalue weighted by atomic mass is 32.1. The van der Waals surface area contributed by atoms with E-state index in [-0.39, 0.29) is 5.91 Å². The molecule has 1 aliphatic rings. The molecule has 0 radical (unpaired) electrons. The summed E-state index contributed by atoms with van der Waals surface area (Å²) in [5, 5.41) is 2.02. The minimum absolute atomic E-state index is 0.126. The molecule has 0 N–H and O–H groups in total. The molecular weight excluding hydrogens is 364 g/mol. The summed E-state index contributed by atoms with van der Waals surface area (Å²) in [6, 6.07) is 10.5. The third kappa shape index (κ3) is 2.59. The monoisotopic (exact) mass is 382 g/mol. The first-order chi connectivity index (χ1) is 12.7. The van der Waals surface area contributed by atoms with Crippen LogP contribution in [0.25, 0.3) is 15.3 Å². The van der Waals surface area contributed by atoms with Crippen LogP contribution in [0, 0.1) is 6.92 Å². The minimum Gasteiger partial charge on any atom is -0.368 e. The van der Waals surface area contributed by atoms with E-state index in [4.69, 9.17) is 0 Å². The summed E-state index contributed by atoms with van der Waals surface area (Å²) in [7, 11) is 0. The molecule has 4 heterocycles. The molecule has 5 nitrogen and oxygen atoms in total. The number of hydrogen-bond donors (Lipinski definition) is 0. The number of amides is 1. The number of benzene rings is 1. The number of aryl methyl sites for hydroxylation is 1. The number of thiophene rings is 1. The van der Waals surface area contributed by atoms with E-state index in [1.165, 1.54) is 22.6 Å². The maximum atomic E-state index is 12.9. The number of carbonyl (C=O) groups is 1. The van der Waals surface area contributed by atoms with Crippen molar-refractivity contribution in [2.24, 2.45) is 0 Å². The van der Waals surface area contributed by atoms with Crippen molar-refractivity contribution in [3.05, 3.63) is 52.3 Å². The summed E-state index contributed by atoms with van der Waals surface area (Å²) in [6.07, 6.45) is 2.01. The van der Waals surface area contributed by atoms with Gasteiger partial charge in [-0.05, 0) is 30.7 Å². The molecule has 1 aliphatic heterocycles. The van der Waals surface area contributed by atoms with Crippen LogP contribution in [0.2, 0.25) is 0 Å². The summed E-state index contributed by atoms with van der Waals surface area (Å²) in [5.74, 6) is 0.126. The predicted octanol–water partition coefficient (Wildman–Crippen LogP) is 3.88. The first-order valence-corrected chi connectivity index (χ1v) is 10.3. The molecule has 1 saturated heterocycles. The first kappa shape index (κ1) is 15.8. The van der Waals surface area contributed by atoms with Gasteiger partial charge in [0, 0.05) is 43.4 Å². The number of rotatable bonds is 2. The topological polar surface area (TPSA) is 40.8 Å². The maximum absolute atomic E-state index is 12.9. The van der Waals surface area contributed by atoms with E-state index in [1.807, 2.05) is 22.5 Å². The second-order valence-corrected chi connectivity index (χ2v) is 8.49. The SMILES string of the molecule is Cc1cccc(N2CCN(C(=O)c3cc4c(nc5sccn54)s3)CC2)c1. The van der Waals surface area contributed by atoms with Crippen molar-refractivity contribution >= 4 is 49.6 Å². The van der Waals surface area contributed by atoms with E-state index in [2.05, 4.69) is 45.5 Å². The van der Waals surface area contributed by atoms with Gasteiger partial charge in [-0.25, -0.2) is 4.98 Å². The highest BCUT2D eigenvalue weighted by molar-refractivity contribution is 7.21. The lowest BCUT2D eigenvalue weighted by atomic mass is 10.2.